The number of piperidine rings is 1. The number of anilines is 2. The van der Waals surface area contributed by atoms with E-state index in [2.05, 4.69) is 22.3 Å². The third kappa shape index (κ3) is 3.86. The van der Waals surface area contributed by atoms with Crippen molar-refractivity contribution >= 4 is 34.2 Å². The lowest BCUT2D eigenvalue weighted by molar-refractivity contribution is 0.143. The number of fused-ring (bicyclic) bond motifs is 3. The minimum absolute atomic E-state index is 0.0738. The van der Waals surface area contributed by atoms with Crippen LogP contribution in [0.3, 0.4) is 0 Å². The molecule has 1 aromatic carbocycles. The summed E-state index contributed by atoms with van der Waals surface area (Å²) in [4.78, 5) is 13.0. The van der Waals surface area contributed by atoms with Crippen LogP contribution in [0.4, 0.5) is 11.8 Å². The fourth-order valence-electron chi connectivity index (χ4n) is 6.38. The highest BCUT2D eigenvalue weighted by molar-refractivity contribution is 7.85. The summed E-state index contributed by atoms with van der Waals surface area (Å²) in [5, 5.41) is 14.3. The number of aromatic nitrogens is 2. The minimum Gasteiger partial charge on any atom is -0.394 e. The van der Waals surface area contributed by atoms with E-state index in [9.17, 15) is 9.32 Å². The fourth-order valence-corrected chi connectivity index (χ4v) is 7.84. The van der Waals surface area contributed by atoms with Gasteiger partial charge in [-0.25, -0.2) is 4.98 Å². The van der Waals surface area contributed by atoms with Crippen molar-refractivity contribution in [2.45, 2.75) is 61.3 Å². The van der Waals surface area contributed by atoms with Gasteiger partial charge in [-0.1, -0.05) is 23.7 Å². The Kier molecular flexibility index (Phi) is 5.62. The van der Waals surface area contributed by atoms with Gasteiger partial charge >= 0.3 is 0 Å². The first-order valence-corrected chi connectivity index (χ1v) is 13.9. The largest absolute Gasteiger partial charge is 0.394 e. The van der Waals surface area contributed by atoms with Crippen LogP contribution in [-0.4, -0.2) is 50.3 Å². The zero-order valence-electron chi connectivity index (χ0n) is 18.8. The molecule has 2 bridgehead atoms. The molecule has 2 aliphatic heterocycles. The molecule has 3 unspecified atom stereocenters. The molecule has 176 valence electrons. The van der Waals surface area contributed by atoms with Crippen molar-refractivity contribution in [2.75, 3.05) is 35.7 Å². The van der Waals surface area contributed by atoms with Gasteiger partial charge in [0.15, 0.2) is 0 Å². The summed E-state index contributed by atoms with van der Waals surface area (Å²) in [6.07, 6.45) is 7.11. The van der Waals surface area contributed by atoms with E-state index in [0.29, 0.717) is 29.3 Å². The van der Waals surface area contributed by atoms with Crippen LogP contribution < -0.4 is 10.2 Å². The van der Waals surface area contributed by atoms with Crippen molar-refractivity contribution in [1.29, 1.82) is 0 Å². The summed E-state index contributed by atoms with van der Waals surface area (Å²) in [6, 6.07) is 8.39. The fraction of sp³-hybridized carbons (Fsp3) is 0.600. The number of rotatable bonds is 5. The van der Waals surface area contributed by atoms with Crippen molar-refractivity contribution in [1.82, 2.24) is 9.97 Å². The normalized spacial score (nSPS) is 29.9. The average Bonchev–Trinajstić information content (AvgIpc) is 3.05. The second-order valence-corrected chi connectivity index (χ2v) is 12.2. The van der Waals surface area contributed by atoms with Crippen LogP contribution in [-0.2, 0) is 17.2 Å². The molecule has 8 heteroatoms. The second kappa shape index (κ2) is 8.51. The highest BCUT2D eigenvalue weighted by atomic mass is 35.5. The van der Waals surface area contributed by atoms with E-state index >= 15 is 0 Å². The maximum Gasteiger partial charge on any atom is 0.227 e. The van der Waals surface area contributed by atoms with E-state index in [1.54, 1.807) is 0 Å². The number of aryl methyl sites for hydroxylation is 1. The van der Waals surface area contributed by atoms with Gasteiger partial charge in [-0.15, -0.1) is 0 Å². The molecule has 1 saturated heterocycles. The first-order valence-electron chi connectivity index (χ1n) is 12.2. The van der Waals surface area contributed by atoms with E-state index < -0.39 is 10.8 Å². The Bertz CT molecular complexity index is 1060. The molecule has 33 heavy (non-hydrogen) atoms. The maximum absolute atomic E-state index is 12.9. The van der Waals surface area contributed by atoms with Gasteiger partial charge in [-0.3, -0.25) is 4.21 Å². The molecule has 2 saturated carbocycles. The molecule has 6 rings (SSSR count). The van der Waals surface area contributed by atoms with Crippen LogP contribution in [0, 0.1) is 11.8 Å². The van der Waals surface area contributed by atoms with E-state index in [-0.39, 0.29) is 12.1 Å². The summed E-state index contributed by atoms with van der Waals surface area (Å²) < 4.78 is 12.9. The molecule has 2 aromatic rings. The highest BCUT2D eigenvalue weighted by Gasteiger charge is 2.44. The lowest BCUT2D eigenvalue weighted by atomic mass is 9.77. The Morgan fingerprint density at radius 2 is 1.85 bits per heavy atom. The molecule has 0 amide bonds. The number of halogens is 1. The van der Waals surface area contributed by atoms with E-state index in [4.69, 9.17) is 21.6 Å². The second-order valence-electron chi connectivity index (χ2n) is 10.3. The van der Waals surface area contributed by atoms with Crippen molar-refractivity contribution in [3.63, 3.8) is 0 Å². The number of aliphatic hydroxyl groups excluding tert-OH is 1. The van der Waals surface area contributed by atoms with Crippen LogP contribution in [0.5, 0.6) is 0 Å². The van der Waals surface area contributed by atoms with Gasteiger partial charge < -0.3 is 15.3 Å². The van der Waals surface area contributed by atoms with Crippen LogP contribution in [0.25, 0.3) is 0 Å². The molecular weight excluding hydrogens is 456 g/mol. The third-order valence-corrected chi connectivity index (χ3v) is 10.1. The summed E-state index contributed by atoms with van der Waals surface area (Å²) >= 11 is 6.13. The number of nitrogens with one attached hydrogen (secondary N) is 1. The number of aliphatic hydroxyl groups is 1. The molecule has 3 fully saturated rings. The van der Waals surface area contributed by atoms with Crippen LogP contribution in [0.15, 0.2) is 29.2 Å². The van der Waals surface area contributed by atoms with Crippen molar-refractivity contribution in [3.8, 4) is 0 Å². The molecule has 4 aliphatic rings. The van der Waals surface area contributed by atoms with Crippen molar-refractivity contribution < 1.29 is 9.32 Å². The first-order chi connectivity index (χ1) is 16.0. The Labute approximate surface area is 202 Å². The molecule has 2 N–H and O–H groups in total. The molecule has 1 aromatic heterocycles. The average molecular weight is 487 g/mol. The molecule has 2 aliphatic carbocycles. The number of benzene rings is 1. The molecular formula is C25H31ClN4O2S. The van der Waals surface area contributed by atoms with Gasteiger partial charge in [0.2, 0.25) is 5.95 Å². The van der Waals surface area contributed by atoms with Crippen LogP contribution in [0.2, 0.25) is 5.02 Å². The van der Waals surface area contributed by atoms with Crippen LogP contribution >= 0.6 is 11.6 Å². The lowest BCUT2D eigenvalue weighted by Gasteiger charge is -2.42. The standard InChI is InChI=1S/C25H31ClN4O2S/c26-19-8-6-16(7-9-19)21-17-4-5-18(21)14-30(13-17)24-27-20-3-1-12-33(32)22(20)23(28-24)29-25(15-31)10-2-11-25/h6-9,17-18,21,31H,1-5,10-15H2,(H,27,28,29). The maximum atomic E-state index is 12.9. The minimum atomic E-state index is -1.09. The molecule has 3 atom stereocenters. The lowest BCUT2D eigenvalue weighted by Crippen LogP contribution is -2.49. The number of hydrogen-bond acceptors (Lipinski definition) is 6. The van der Waals surface area contributed by atoms with E-state index in [1.807, 2.05) is 12.1 Å². The smallest absolute Gasteiger partial charge is 0.227 e. The number of nitrogens with zero attached hydrogens (tertiary/aromatic N) is 3. The van der Waals surface area contributed by atoms with Gasteiger partial charge in [-0.2, -0.15) is 4.98 Å². The highest BCUT2D eigenvalue weighted by Crippen LogP contribution is 2.49. The molecule has 0 spiro atoms. The Morgan fingerprint density at radius 3 is 2.48 bits per heavy atom. The summed E-state index contributed by atoms with van der Waals surface area (Å²) in [5.74, 6) is 3.82. The summed E-state index contributed by atoms with van der Waals surface area (Å²) in [6.45, 7) is 1.96. The quantitative estimate of drug-likeness (QED) is 0.661. The topological polar surface area (TPSA) is 78.4 Å². The summed E-state index contributed by atoms with van der Waals surface area (Å²) in [7, 11) is -1.09. The zero-order valence-corrected chi connectivity index (χ0v) is 20.4. The number of hydrogen-bond donors (Lipinski definition) is 2. The predicted molar refractivity (Wildman–Crippen MR) is 132 cm³/mol. The Hall–Kier alpha value is -1.70. The molecule has 6 nitrogen and oxygen atoms in total. The molecule has 0 radical (unpaired) electrons. The van der Waals surface area contributed by atoms with E-state index in [0.717, 1.165) is 66.8 Å². The van der Waals surface area contributed by atoms with Gasteiger partial charge in [0.1, 0.15) is 10.7 Å². The Balaban J connectivity index is 1.31. The monoisotopic (exact) mass is 486 g/mol. The van der Waals surface area contributed by atoms with Crippen molar-refractivity contribution in [3.05, 3.63) is 40.5 Å². The SMILES string of the molecule is O=S1CCCc2nc(N3CC4CCC(C3)C4c3ccc(Cl)cc3)nc(NC3(CO)CCC3)c21. The van der Waals surface area contributed by atoms with Gasteiger partial charge in [-0.05, 0) is 80.4 Å². The third-order valence-electron chi connectivity index (χ3n) is 8.26. The first kappa shape index (κ1) is 21.8. The van der Waals surface area contributed by atoms with Gasteiger partial charge in [0.05, 0.1) is 28.6 Å². The van der Waals surface area contributed by atoms with Crippen LogP contribution in [0.1, 0.15) is 55.7 Å². The van der Waals surface area contributed by atoms with Crippen molar-refractivity contribution in [2.24, 2.45) is 11.8 Å². The van der Waals surface area contributed by atoms with Gasteiger partial charge in [0.25, 0.3) is 0 Å². The summed E-state index contributed by atoms with van der Waals surface area (Å²) in [5.41, 5.74) is 1.99. The zero-order chi connectivity index (χ0) is 22.6. The Morgan fingerprint density at radius 1 is 1.12 bits per heavy atom. The van der Waals surface area contributed by atoms with Gasteiger partial charge in [0, 0.05) is 23.9 Å². The van der Waals surface area contributed by atoms with E-state index in [1.165, 1.54) is 18.4 Å². The predicted octanol–water partition coefficient (Wildman–Crippen LogP) is 4.14. The molecule has 3 heterocycles.